The number of allylic oxidation sites excluding steroid dienone is 1. The van der Waals surface area contributed by atoms with Crippen LogP contribution < -0.4 is 22.1 Å². The van der Waals surface area contributed by atoms with E-state index in [-0.39, 0.29) is 6.04 Å². The molecular formula is C24H27N5. The first-order chi connectivity index (χ1) is 14.0. The van der Waals surface area contributed by atoms with E-state index in [0.717, 1.165) is 46.7 Å². The van der Waals surface area contributed by atoms with Crippen LogP contribution in [0.3, 0.4) is 0 Å². The Balaban J connectivity index is 1.79. The van der Waals surface area contributed by atoms with Crippen molar-refractivity contribution in [2.75, 3.05) is 17.6 Å². The van der Waals surface area contributed by atoms with Gasteiger partial charge < -0.3 is 22.1 Å². The second-order valence-electron chi connectivity index (χ2n) is 7.61. The lowest BCUT2D eigenvalue weighted by molar-refractivity contribution is 0.683. The maximum absolute atomic E-state index is 6.20. The summed E-state index contributed by atoms with van der Waals surface area (Å²) in [5.41, 5.74) is 20.7. The van der Waals surface area contributed by atoms with Gasteiger partial charge in [0, 0.05) is 35.3 Å². The molecule has 1 aromatic heterocycles. The minimum atomic E-state index is 0.166. The molecule has 4 rings (SSSR count). The monoisotopic (exact) mass is 385 g/mol. The molecule has 1 atom stereocenters. The standard InChI is InChI=1S/C24H27N5/c1-15-3-7-19(8-4-15)29-22-11-12-27-24(16(2)25)20-9-5-17(13-21(20)22)18-6-10-23(26)28-14-18/h3-10,13-14,22,27,29H,11-12,25H2,1-2H3,(H2,26,28)/b24-16-. The second kappa shape index (κ2) is 7.87. The van der Waals surface area contributed by atoms with Gasteiger partial charge in [-0.1, -0.05) is 29.8 Å². The Hall–Kier alpha value is -3.47. The molecule has 0 radical (unpaired) electrons. The molecule has 1 unspecified atom stereocenters. The predicted molar refractivity (Wildman–Crippen MR) is 121 cm³/mol. The minimum absolute atomic E-state index is 0.166. The molecule has 1 aliphatic heterocycles. The van der Waals surface area contributed by atoms with Gasteiger partial charge in [-0.05, 0) is 61.7 Å². The number of hydrogen-bond donors (Lipinski definition) is 4. The number of rotatable bonds is 3. The number of nitrogens with zero attached hydrogens (tertiary/aromatic N) is 1. The Morgan fingerprint density at radius 3 is 2.52 bits per heavy atom. The molecule has 0 saturated carbocycles. The Morgan fingerprint density at radius 1 is 1.07 bits per heavy atom. The maximum Gasteiger partial charge on any atom is 0.123 e. The predicted octanol–water partition coefficient (Wildman–Crippen LogP) is 4.43. The first-order valence-corrected chi connectivity index (χ1v) is 9.91. The number of nitrogens with two attached hydrogens (primary N) is 2. The first kappa shape index (κ1) is 18.9. The number of anilines is 2. The summed E-state index contributed by atoms with van der Waals surface area (Å²) in [6.07, 6.45) is 2.76. The molecule has 29 heavy (non-hydrogen) atoms. The fourth-order valence-electron chi connectivity index (χ4n) is 3.78. The highest BCUT2D eigenvalue weighted by atomic mass is 15.0. The van der Waals surface area contributed by atoms with Crippen molar-refractivity contribution in [1.82, 2.24) is 10.3 Å². The van der Waals surface area contributed by atoms with Crippen molar-refractivity contribution in [2.24, 2.45) is 5.73 Å². The Morgan fingerprint density at radius 2 is 1.83 bits per heavy atom. The molecule has 0 bridgehead atoms. The molecule has 3 aromatic rings. The summed E-state index contributed by atoms with van der Waals surface area (Å²) >= 11 is 0. The smallest absolute Gasteiger partial charge is 0.123 e. The lowest BCUT2D eigenvalue weighted by atomic mass is 9.93. The van der Waals surface area contributed by atoms with Crippen LogP contribution >= 0.6 is 0 Å². The van der Waals surface area contributed by atoms with E-state index >= 15 is 0 Å². The molecule has 0 fully saturated rings. The van der Waals surface area contributed by atoms with E-state index < -0.39 is 0 Å². The summed E-state index contributed by atoms with van der Waals surface area (Å²) < 4.78 is 0. The summed E-state index contributed by atoms with van der Waals surface area (Å²) in [6, 6.07) is 19.0. The molecule has 5 heteroatoms. The van der Waals surface area contributed by atoms with Crippen LogP contribution in [-0.2, 0) is 0 Å². The lowest BCUT2D eigenvalue weighted by Crippen LogP contribution is -2.16. The van der Waals surface area contributed by atoms with Crippen LogP contribution in [0.1, 0.15) is 36.1 Å². The summed E-state index contributed by atoms with van der Waals surface area (Å²) in [6.45, 7) is 4.89. The summed E-state index contributed by atoms with van der Waals surface area (Å²) in [7, 11) is 0. The van der Waals surface area contributed by atoms with Crippen LogP contribution in [0.25, 0.3) is 16.8 Å². The molecule has 148 valence electrons. The van der Waals surface area contributed by atoms with Gasteiger partial charge in [-0.3, -0.25) is 0 Å². The van der Waals surface area contributed by atoms with Gasteiger partial charge in [-0.25, -0.2) is 4.98 Å². The SMILES string of the molecule is C/C(N)=C1/NCCC(Nc2ccc(C)cc2)c2cc(-c3ccc(N)nc3)ccc21. The molecule has 0 aliphatic carbocycles. The number of benzene rings is 2. The fourth-order valence-corrected chi connectivity index (χ4v) is 3.78. The molecule has 2 aromatic carbocycles. The zero-order valence-corrected chi connectivity index (χ0v) is 16.9. The highest BCUT2D eigenvalue weighted by Gasteiger charge is 2.23. The van der Waals surface area contributed by atoms with E-state index in [9.17, 15) is 0 Å². The quantitative estimate of drug-likeness (QED) is 0.535. The molecule has 6 N–H and O–H groups in total. The number of aromatic nitrogens is 1. The third-order valence-corrected chi connectivity index (χ3v) is 5.34. The van der Waals surface area contributed by atoms with Gasteiger partial charge in [0.25, 0.3) is 0 Å². The number of fused-ring (bicyclic) bond motifs is 1. The Kier molecular flexibility index (Phi) is 5.12. The van der Waals surface area contributed by atoms with E-state index in [1.54, 1.807) is 0 Å². The molecular weight excluding hydrogens is 358 g/mol. The van der Waals surface area contributed by atoms with Crippen molar-refractivity contribution in [3.8, 4) is 11.1 Å². The minimum Gasteiger partial charge on any atom is -0.401 e. The molecule has 5 nitrogen and oxygen atoms in total. The molecule has 0 saturated heterocycles. The van der Waals surface area contributed by atoms with Gasteiger partial charge in [0.05, 0.1) is 11.7 Å². The van der Waals surface area contributed by atoms with Crippen LogP contribution in [0.5, 0.6) is 0 Å². The first-order valence-electron chi connectivity index (χ1n) is 9.91. The maximum atomic E-state index is 6.20. The molecule has 2 heterocycles. The van der Waals surface area contributed by atoms with E-state index in [1.807, 2.05) is 25.3 Å². The third-order valence-electron chi connectivity index (χ3n) is 5.34. The third kappa shape index (κ3) is 4.04. The molecule has 1 aliphatic rings. The van der Waals surface area contributed by atoms with E-state index in [2.05, 4.69) is 65.0 Å². The average molecular weight is 386 g/mol. The number of nitrogens with one attached hydrogen (secondary N) is 2. The average Bonchev–Trinajstić information content (AvgIpc) is 2.89. The van der Waals surface area contributed by atoms with Crippen molar-refractivity contribution in [1.29, 1.82) is 0 Å². The van der Waals surface area contributed by atoms with Crippen LogP contribution in [0.4, 0.5) is 11.5 Å². The summed E-state index contributed by atoms with van der Waals surface area (Å²) in [5.74, 6) is 0.524. The van der Waals surface area contributed by atoms with Crippen molar-refractivity contribution in [2.45, 2.75) is 26.3 Å². The van der Waals surface area contributed by atoms with Crippen molar-refractivity contribution in [3.63, 3.8) is 0 Å². The van der Waals surface area contributed by atoms with Crippen molar-refractivity contribution in [3.05, 3.63) is 83.2 Å². The second-order valence-corrected chi connectivity index (χ2v) is 7.61. The molecule has 0 amide bonds. The van der Waals surface area contributed by atoms with E-state index in [4.69, 9.17) is 11.5 Å². The van der Waals surface area contributed by atoms with Crippen molar-refractivity contribution >= 4 is 17.2 Å². The lowest BCUT2D eigenvalue weighted by Gasteiger charge is -2.21. The van der Waals surface area contributed by atoms with Gasteiger partial charge >= 0.3 is 0 Å². The van der Waals surface area contributed by atoms with Crippen molar-refractivity contribution < 1.29 is 0 Å². The zero-order valence-electron chi connectivity index (χ0n) is 16.9. The van der Waals surface area contributed by atoms with Crippen LogP contribution in [0, 0.1) is 6.92 Å². The number of aryl methyl sites for hydroxylation is 1. The summed E-state index contributed by atoms with van der Waals surface area (Å²) in [5, 5.41) is 7.23. The largest absolute Gasteiger partial charge is 0.401 e. The topological polar surface area (TPSA) is 89.0 Å². The highest BCUT2D eigenvalue weighted by Crippen LogP contribution is 2.35. The number of hydrogen-bond acceptors (Lipinski definition) is 5. The molecule has 0 spiro atoms. The van der Waals surface area contributed by atoms with Gasteiger partial charge in [-0.2, -0.15) is 0 Å². The zero-order chi connectivity index (χ0) is 20.4. The van der Waals surface area contributed by atoms with Gasteiger partial charge in [-0.15, -0.1) is 0 Å². The van der Waals surface area contributed by atoms with Crippen LogP contribution in [0.15, 0.2) is 66.5 Å². The van der Waals surface area contributed by atoms with E-state index in [1.165, 1.54) is 11.1 Å². The Labute approximate surface area is 171 Å². The fraction of sp³-hybridized carbons (Fsp3) is 0.208. The van der Waals surface area contributed by atoms with Crippen LogP contribution in [0.2, 0.25) is 0 Å². The van der Waals surface area contributed by atoms with E-state index in [0.29, 0.717) is 5.82 Å². The van der Waals surface area contributed by atoms with Gasteiger partial charge in [0.1, 0.15) is 5.82 Å². The normalized spacial score (nSPS) is 17.7. The Bertz CT molecular complexity index is 1030. The highest BCUT2D eigenvalue weighted by molar-refractivity contribution is 5.75. The number of pyridine rings is 1. The number of nitrogen functional groups attached to an aromatic ring is 1. The van der Waals surface area contributed by atoms with Gasteiger partial charge in [0.2, 0.25) is 0 Å². The van der Waals surface area contributed by atoms with Gasteiger partial charge in [0.15, 0.2) is 0 Å². The summed E-state index contributed by atoms with van der Waals surface area (Å²) in [4.78, 5) is 4.24. The van der Waals surface area contributed by atoms with Crippen LogP contribution in [-0.4, -0.2) is 11.5 Å².